The largest absolute Gasteiger partial charge is 0.496 e. The van der Waals surface area contributed by atoms with Gasteiger partial charge < -0.3 is 10.1 Å². The number of benzene rings is 2. The lowest BCUT2D eigenvalue weighted by molar-refractivity contribution is 0.102. The first kappa shape index (κ1) is 20.4. The molecule has 0 unspecified atom stereocenters. The third-order valence-corrected chi connectivity index (χ3v) is 5.59. The number of methoxy groups -OCH3 is 1. The lowest BCUT2D eigenvalue weighted by Crippen LogP contribution is -2.15. The molecule has 0 spiro atoms. The summed E-state index contributed by atoms with van der Waals surface area (Å²) in [5.74, 6) is 0.923. The van der Waals surface area contributed by atoms with E-state index in [4.69, 9.17) is 4.74 Å². The molecule has 0 fully saturated rings. The number of amides is 1. The number of anilines is 1. The molecule has 5 aromatic rings. The van der Waals surface area contributed by atoms with Crippen LogP contribution in [-0.4, -0.2) is 38.0 Å². The van der Waals surface area contributed by atoms with Crippen molar-refractivity contribution in [1.82, 2.24) is 25.0 Å². The Morgan fingerprint density at radius 3 is 2.64 bits per heavy atom. The number of fused-ring (bicyclic) bond motifs is 1. The third-order valence-electron chi connectivity index (χ3n) is 5.59. The summed E-state index contributed by atoms with van der Waals surface area (Å²) in [6.45, 7) is 3.94. The molecule has 0 saturated heterocycles. The van der Waals surface area contributed by atoms with Crippen molar-refractivity contribution in [3.63, 3.8) is 0 Å². The second kappa shape index (κ2) is 8.23. The highest BCUT2D eigenvalue weighted by Crippen LogP contribution is 2.32. The fraction of sp³-hybridized carbons (Fsp3) is 0.120. The van der Waals surface area contributed by atoms with Crippen molar-refractivity contribution >= 4 is 22.5 Å². The van der Waals surface area contributed by atoms with Gasteiger partial charge >= 0.3 is 0 Å². The van der Waals surface area contributed by atoms with Gasteiger partial charge in [-0.05, 0) is 43.2 Å². The Kier molecular flexibility index (Phi) is 5.10. The zero-order valence-corrected chi connectivity index (χ0v) is 18.5. The predicted molar refractivity (Wildman–Crippen MR) is 127 cm³/mol. The second-order valence-electron chi connectivity index (χ2n) is 7.75. The first-order chi connectivity index (χ1) is 16.0. The van der Waals surface area contributed by atoms with Gasteiger partial charge in [0.1, 0.15) is 11.4 Å². The lowest BCUT2D eigenvalue weighted by Gasteiger charge is -2.13. The van der Waals surface area contributed by atoms with Crippen LogP contribution in [0.25, 0.3) is 28.0 Å². The van der Waals surface area contributed by atoms with Gasteiger partial charge in [0.25, 0.3) is 5.91 Å². The molecule has 8 nitrogen and oxygen atoms in total. The Labute approximate surface area is 190 Å². The van der Waals surface area contributed by atoms with Crippen molar-refractivity contribution < 1.29 is 9.53 Å². The standard InChI is InChI=1S/C25H22N6O2/c1-15-7-6-8-16(2)23(15)28-25(32)19-11-18-20(12-21(19)33-3)29-30-24(18)17-13-27-31(14-17)22-9-4-5-10-26-22/h4-14H,1-3H3,(H,28,32)(H,29,30). The molecular formula is C25H22N6O2. The van der Waals surface area contributed by atoms with Crippen molar-refractivity contribution in [1.29, 1.82) is 0 Å². The number of rotatable bonds is 5. The van der Waals surface area contributed by atoms with Gasteiger partial charge in [-0.15, -0.1) is 0 Å². The zero-order valence-electron chi connectivity index (χ0n) is 18.5. The second-order valence-corrected chi connectivity index (χ2v) is 7.75. The van der Waals surface area contributed by atoms with E-state index in [9.17, 15) is 4.79 Å². The van der Waals surface area contributed by atoms with Crippen molar-refractivity contribution in [3.8, 4) is 22.8 Å². The van der Waals surface area contributed by atoms with Crippen LogP contribution in [0.2, 0.25) is 0 Å². The molecule has 3 aromatic heterocycles. The smallest absolute Gasteiger partial charge is 0.259 e. The molecular weight excluding hydrogens is 416 g/mol. The number of H-pyrrole nitrogens is 1. The average molecular weight is 438 g/mol. The van der Waals surface area contributed by atoms with E-state index in [1.165, 1.54) is 0 Å². The van der Waals surface area contributed by atoms with Crippen LogP contribution in [0.5, 0.6) is 5.75 Å². The monoisotopic (exact) mass is 438 g/mol. The summed E-state index contributed by atoms with van der Waals surface area (Å²) in [4.78, 5) is 17.6. The van der Waals surface area contributed by atoms with Crippen LogP contribution in [0.1, 0.15) is 21.5 Å². The van der Waals surface area contributed by atoms with E-state index in [2.05, 4.69) is 25.6 Å². The van der Waals surface area contributed by atoms with Crippen molar-refractivity contribution in [3.05, 3.63) is 83.8 Å². The van der Waals surface area contributed by atoms with Crippen LogP contribution < -0.4 is 10.1 Å². The van der Waals surface area contributed by atoms with Crippen LogP contribution in [0.15, 0.2) is 67.1 Å². The molecule has 0 aliphatic rings. The lowest BCUT2D eigenvalue weighted by atomic mass is 10.0. The van der Waals surface area contributed by atoms with Gasteiger partial charge in [-0.2, -0.15) is 10.2 Å². The van der Waals surface area contributed by atoms with Crippen LogP contribution in [0, 0.1) is 13.8 Å². The zero-order chi connectivity index (χ0) is 22.9. The highest BCUT2D eigenvalue weighted by Gasteiger charge is 2.19. The van der Waals surface area contributed by atoms with E-state index in [0.717, 1.165) is 33.3 Å². The molecule has 0 radical (unpaired) electrons. The Bertz CT molecular complexity index is 1450. The van der Waals surface area contributed by atoms with E-state index in [1.54, 1.807) is 36.3 Å². The maximum absolute atomic E-state index is 13.3. The molecule has 0 bridgehead atoms. The minimum absolute atomic E-state index is 0.248. The van der Waals surface area contributed by atoms with Gasteiger partial charge in [0.05, 0.1) is 24.4 Å². The number of pyridine rings is 1. The van der Waals surface area contributed by atoms with Crippen molar-refractivity contribution in [2.75, 3.05) is 12.4 Å². The summed E-state index contributed by atoms with van der Waals surface area (Å²) in [7, 11) is 1.55. The van der Waals surface area contributed by atoms with Gasteiger partial charge in [-0.3, -0.25) is 9.89 Å². The van der Waals surface area contributed by atoms with E-state index >= 15 is 0 Å². The first-order valence-corrected chi connectivity index (χ1v) is 10.5. The molecule has 0 aliphatic carbocycles. The number of aryl methyl sites for hydroxylation is 2. The van der Waals surface area contributed by atoms with Crippen LogP contribution in [0.4, 0.5) is 5.69 Å². The number of hydrogen-bond donors (Lipinski definition) is 2. The van der Waals surface area contributed by atoms with E-state index in [-0.39, 0.29) is 5.91 Å². The van der Waals surface area contributed by atoms with Gasteiger partial charge in [0, 0.05) is 35.1 Å². The molecule has 1 amide bonds. The highest BCUT2D eigenvalue weighted by atomic mass is 16.5. The summed E-state index contributed by atoms with van der Waals surface area (Å²) in [6.07, 6.45) is 5.30. The molecule has 0 aliphatic heterocycles. The van der Waals surface area contributed by atoms with E-state index < -0.39 is 0 Å². The summed E-state index contributed by atoms with van der Waals surface area (Å²) in [5.41, 5.74) is 5.47. The topological polar surface area (TPSA) is 97.7 Å². The molecule has 3 heterocycles. The maximum atomic E-state index is 13.3. The number of hydrogen-bond acceptors (Lipinski definition) is 5. The molecule has 8 heteroatoms. The van der Waals surface area contributed by atoms with Gasteiger partial charge in [-0.25, -0.2) is 9.67 Å². The Morgan fingerprint density at radius 2 is 1.91 bits per heavy atom. The minimum Gasteiger partial charge on any atom is -0.496 e. The fourth-order valence-corrected chi connectivity index (χ4v) is 3.86. The number of carbonyl (C=O) groups is 1. The van der Waals surface area contributed by atoms with Crippen LogP contribution in [-0.2, 0) is 0 Å². The normalized spacial score (nSPS) is 11.0. The Balaban J connectivity index is 1.55. The molecule has 2 N–H and O–H groups in total. The number of nitrogens with one attached hydrogen (secondary N) is 2. The fourth-order valence-electron chi connectivity index (χ4n) is 3.86. The molecule has 0 saturated carbocycles. The first-order valence-electron chi connectivity index (χ1n) is 10.5. The number of aromatic amines is 1. The third kappa shape index (κ3) is 3.71. The molecule has 5 rings (SSSR count). The van der Waals surface area contributed by atoms with Crippen molar-refractivity contribution in [2.45, 2.75) is 13.8 Å². The number of nitrogens with zero attached hydrogens (tertiary/aromatic N) is 4. The van der Waals surface area contributed by atoms with Crippen molar-refractivity contribution in [2.24, 2.45) is 0 Å². The summed E-state index contributed by atoms with van der Waals surface area (Å²) < 4.78 is 7.20. The van der Waals surface area contributed by atoms with Gasteiger partial charge in [0.15, 0.2) is 5.82 Å². The SMILES string of the molecule is COc1cc2[nH]nc(-c3cnn(-c4ccccn4)c3)c2cc1C(=O)Nc1c(C)cccc1C. The predicted octanol–water partition coefficient (Wildman–Crippen LogP) is 4.69. The number of aromatic nitrogens is 5. The van der Waals surface area contributed by atoms with Crippen LogP contribution >= 0.6 is 0 Å². The van der Waals surface area contributed by atoms with E-state index in [1.807, 2.05) is 56.4 Å². The molecule has 2 aromatic carbocycles. The molecule has 164 valence electrons. The number of ether oxygens (including phenoxy) is 1. The summed E-state index contributed by atoms with van der Waals surface area (Å²) in [6, 6.07) is 15.1. The summed E-state index contributed by atoms with van der Waals surface area (Å²) in [5, 5.41) is 15.7. The summed E-state index contributed by atoms with van der Waals surface area (Å²) >= 11 is 0. The number of carbonyl (C=O) groups excluding carboxylic acids is 1. The minimum atomic E-state index is -0.248. The quantitative estimate of drug-likeness (QED) is 0.415. The highest BCUT2D eigenvalue weighted by molar-refractivity contribution is 6.10. The molecule has 33 heavy (non-hydrogen) atoms. The molecule has 0 atom stereocenters. The van der Waals surface area contributed by atoms with Gasteiger partial charge in [-0.1, -0.05) is 24.3 Å². The van der Waals surface area contributed by atoms with E-state index in [0.29, 0.717) is 22.8 Å². The maximum Gasteiger partial charge on any atom is 0.259 e. The Hall–Kier alpha value is -4.46. The Morgan fingerprint density at radius 1 is 1.09 bits per heavy atom. The van der Waals surface area contributed by atoms with Gasteiger partial charge in [0.2, 0.25) is 0 Å². The number of para-hydroxylation sites is 1. The van der Waals surface area contributed by atoms with Crippen LogP contribution in [0.3, 0.4) is 0 Å². The average Bonchev–Trinajstić information content (AvgIpc) is 3.48.